The van der Waals surface area contributed by atoms with Crippen molar-refractivity contribution in [3.8, 4) is 23.0 Å². The second kappa shape index (κ2) is 54.5. The number of unbranched alkanes of at least 4 members (excludes halogenated alkanes) is 56. The van der Waals surface area contributed by atoms with Gasteiger partial charge in [0, 0.05) is 79.5 Å². The summed E-state index contributed by atoms with van der Waals surface area (Å²) in [7, 11) is 0. The molecular weight excluding hydrogens is 1400 g/mol. The zero-order valence-electron chi connectivity index (χ0n) is 72.6. The molecule has 0 saturated carbocycles. The molecule has 0 saturated heterocycles. The van der Waals surface area contributed by atoms with Crippen molar-refractivity contribution in [1.82, 2.24) is 0 Å². The molecule has 0 aliphatic rings. The van der Waals surface area contributed by atoms with E-state index >= 15 is 0 Å². The summed E-state index contributed by atoms with van der Waals surface area (Å²) in [6, 6.07) is 29.0. The van der Waals surface area contributed by atoms with Gasteiger partial charge < -0.3 is 18.9 Å². The van der Waals surface area contributed by atoms with E-state index in [4.69, 9.17) is 18.9 Å². The molecule has 0 amide bonds. The maximum atomic E-state index is 14.9. The first-order valence-electron chi connectivity index (χ1n) is 48.3. The highest BCUT2D eigenvalue weighted by molar-refractivity contribution is 6.45. The summed E-state index contributed by atoms with van der Waals surface area (Å²) in [4.78, 5) is 58.7. The second-order valence-corrected chi connectivity index (χ2v) is 34.9. The van der Waals surface area contributed by atoms with E-state index in [1.54, 1.807) is 0 Å². The summed E-state index contributed by atoms with van der Waals surface area (Å²) in [5.41, 5.74) is 0. The summed E-state index contributed by atoms with van der Waals surface area (Å²) in [5.74, 6) is 0.726. The minimum Gasteiger partial charge on any atom is -0.426 e. The molecule has 9 aromatic rings. The molecule has 8 heteroatoms. The van der Waals surface area contributed by atoms with Crippen LogP contribution in [0.2, 0.25) is 0 Å². The molecule has 626 valence electrons. The smallest absolute Gasteiger partial charge is 0.311 e. The van der Waals surface area contributed by atoms with Crippen molar-refractivity contribution in [3.63, 3.8) is 0 Å². The molecule has 0 aromatic heterocycles. The lowest BCUT2D eigenvalue weighted by Crippen LogP contribution is -2.11. The van der Waals surface area contributed by atoms with E-state index in [0.29, 0.717) is 46.6 Å². The Hall–Kier alpha value is -6.54. The van der Waals surface area contributed by atoms with Crippen LogP contribution in [0.15, 0.2) is 84.9 Å². The maximum Gasteiger partial charge on any atom is 0.311 e. The number of benzene rings is 9. The van der Waals surface area contributed by atoms with Crippen LogP contribution in [0.4, 0.5) is 0 Å². The number of fused-ring (bicyclic) bond motifs is 6. The lowest BCUT2D eigenvalue weighted by atomic mass is 9.82. The van der Waals surface area contributed by atoms with Crippen LogP contribution in [-0.4, -0.2) is 23.9 Å². The second-order valence-electron chi connectivity index (χ2n) is 34.9. The Labute approximate surface area is 690 Å². The van der Waals surface area contributed by atoms with Crippen molar-refractivity contribution >= 4 is 110 Å². The quantitative estimate of drug-likeness (QED) is 0.0122. The number of esters is 4. The number of carbonyl (C=O) groups excluding carboxylic acids is 4. The molecule has 9 rings (SSSR count). The van der Waals surface area contributed by atoms with Crippen LogP contribution in [0.1, 0.15) is 439 Å². The van der Waals surface area contributed by atoms with Gasteiger partial charge in [0.15, 0.2) is 0 Å². The van der Waals surface area contributed by atoms with Gasteiger partial charge in [-0.25, -0.2) is 0 Å². The zero-order valence-corrected chi connectivity index (χ0v) is 72.6. The van der Waals surface area contributed by atoms with Crippen molar-refractivity contribution < 1.29 is 38.1 Å². The molecule has 0 radical (unpaired) electrons. The third kappa shape index (κ3) is 29.5. The van der Waals surface area contributed by atoms with Crippen molar-refractivity contribution in [3.05, 3.63) is 84.9 Å². The third-order valence-electron chi connectivity index (χ3n) is 25.3. The van der Waals surface area contributed by atoms with Crippen molar-refractivity contribution in [2.45, 2.75) is 439 Å². The van der Waals surface area contributed by atoms with Gasteiger partial charge in [-0.1, -0.05) is 448 Å². The Balaban J connectivity index is 1.01. The van der Waals surface area contributed by atoms with Gasteiger partial charge in [-0.15, -0.1) is 0 Å². The highest BCUT2D eigenvalue weighted by Gasteiger charge is 2.30. The van der Waals surface area contributed by atoms with E-state index < -0.39 is 0 Å². The Kier molecular flexibility index (Phi) is 43.6. The van der Waals surface area contributed by atoms with Crippen LogP contribution < -0.4 is 18.9 Å². The molecule has 0 fully saturated rings. The Morgan fingerprint density at radius 3 is 0.605 bits per heavy atom. The average Bonchev–Trinajstić information content (AvgIpc) is 0.678. The van der Waals surface area contributed by atoms with Crippen LogP contribution in [0, 0.1) is 0 Å². The minimum absolute atomic E-state index is 0.248. The van der Waals surface area contributed by atoms with E-state index in [0.717, 1.165) is 152 Å². The van der Waals surface area contributed by atoms with Gasteiger partial charge in [0.25, 0.3) is 0 Å². The van der Waals surface area contributed by atoms with Gasteiger partial charge in [-0.05, 0) is 82.3 Å². The SMILES string of the molecule is CCCCCCCCCCCCCCCCCC(=O)Oc1c2ccccc2c2cc(OC(=O)CCCCCCCCCCCCCCCCC)c3c4c(OC(=O)CCCCCCCCCCCCCCCCC)cc5c6ccccc6c(OC(=O)CCCCCCCCCCCCCCCCC)c6ccc(c7ccc1c2c73)c4c65. The number of hydrogen-bond donors (Lipinski definition) is 0. The zero-order chi connectivity index (χ0) is 79.8. The molecule has 0 unspecified atom stereocenters. The Morgan fingerprint density at radius 2 is 0.377 bits per heavy atom. The third-order valence-corrected chi connectivity index (χ3v) is 25.3. The molecule has 0 N–H and O–H groups in total. The standard InChI is InChI=1S/C106H154O8/c1-5-9-13-17-21-25-29-33-37-41-45-49-53-57-61-73-95(107)111-93-81-91-83-69-65-67-71-87(83)105(113-97(109)75-63-59-55-51-47-43-39-35-31-27-23-19-15-11-7-3)89-79-77-85-86-78-80-90-100-92(84-70-66-68-72-88(84)106(90)114-98(110)76-64-60-56-52-48-44-40-36-32-28-24-20-16-12-8-4)82-94(104(102(86)100)103(93)101(85)99(89)91)112-96(108)74-62-58-54-50-46-42-38-34-30-26-22-18-14-10-6-2/h65-72,77-82H,5-64,73-76H2,1-4H3. The van der Waals surface area contributed by atoms with Crippen LogP contribution in [0.3, 0.4) is 0 Å². The summed E-state index contributed by atoms with van der Waals surface area (Å²) >= 11 is 0. The monoisotopic (exact) mass is 1560 g/mol. The normalized spacial score (nSPS) is 12.0. The molecule has 0 heterocycles. The van der Waals surface area contributed by atoms with Gasteiger partial charge in [0.05, 0.1) is 0 Å². The average molecular weight is 1560 g/mol. The first-order valence-corrected chi connectivity index (χ1v) is 48.3. The maximum absolute atomic E-state index is 14.9. The highest BCUT2D eigenvalue weighted by Crippen LogP contribution is 2.56. The van der Waals surface area contributed by atoms with E-state index in [-0.39, 0.29) is 36.7 Å². The summed E-state index contributed by atoms with van der Waals surface area (Å²) in [6.07, 6.45) is 75.8. The molecule has 0 aliphatic heterocycles. The first-order chi connectivity index (χ1) is 56.3. The van der Waals surface area contributed by atoms with Crippen LogP contribution >= 0.6 is 0 Å². The van der Waals surface area contributed by atoms with Gasteiger partial charge in [0.1, 0.15) is 23.0 Å². The Morgan fingerprint density at radius 1 is 0.184 bits per heavy atom. The van der Waals surface area contributed by atoms with Gasteiger partial charge in [-0.3, -0.25) is 19.2 Å². The summed E-state index contributed by atoms with van der Waals surface area (Å²) in [6.45, 7) is 9.14. The largest absolute Gasteiger partial charge is 0.426 e. The van der Waals surface area contributed by atoms with Gasteiger partial charge >= 0.3 is 23.9 Å². The molecule has 0 aliphatic carbocycles. The molecular formula is C106H154O8. The fraction of sp³-hybridized carbons (Fsp3) is 0.642. The Bertz CT molecular complexity index is 3930. The van der Waals surface area contributed by atoms with Crippen LogP contribution in [0.5, 0.6) is 23.0 Å². The lowest BCUT2D eigenvalue weighted by Gasteiger charge is -2.24. The number of ether oxygens (including phenoxy) is 4. The molecule has 0 atom stereocenters. The molecule has 114 heavy (non-hydrogen) atoms. The summed E-state index contributed by atoms with van der Waals surface area (Å²) < 4.78 is 27.3. The molecule has 0 spiro atoms. The number of carbonyl (C=O) groups is 4. The van der Waals surface area contributed by atoms with Gasteiger partial charge in [0.2, 0.25) is 0 Å². The lowest BCUT2D eigenvalue weighted by molar-refractivity contribution is -0.135. The fourth-order valence-electron chi connectivity index (χ4n) is 18.6. The fourth-order valence-corrected chi connectivity index (χ4v) is 18.6. The minimum atomic E-state index is -0.305. The van der Waals surface area contributed by atoms with E-state index in [1.165, 1.54) is 308 Å². The van der Waals surface area contributed by atoms with Crippen molar-refractivity contribution in [1.29, 1.82) is 0 Å². The van der Waals surface area contributed by atoms with Crippen LogP contribution in [-0.2, 0) is 19.2 Å². The highest BCUT2D eigenvalue weighted by atomic mass is 16.5. The predicted molar refractivity (Wildman–Crippen MR) is 490 cm³/mol. The van der Waals surface area contributed by atoms with Gasteiger partial charge in [-0.2, -0.15) is 0 Å². The summed E-state index contributed by atoms with van der Waals surface area (Å²) in [5, 5.41) is 13.4. The first kappa shape index (κ1) is 91.4. The molecule has 0 bridgehead atoms. The van der Waals surface area contributed by atoms with E-state index in [1.807, 2.05) is 48.5 Å². The van der Waals surface area contributed by atoms with E-state index in [9.17, 15) is 19.2 Å². The topological polar surface area (TPSA) is 105 Å². The number of hydrogen-bond acceptors (Lipinski definition) is 8. The van der Waals surface area contributed by atoms with Crippen molar-refractivity contribution in [2.24, 2.45) is 0 Å². The number of rotatable bonds is 68. The molecule has 9 aromatic carbocycles. The van der Waals surface area contributed by atoms with Crippen molar-refractivity contribution in [2.75, 3.05) is 0 Å². The molecule has 8 nitrogen and oxygen atoms in total. The predicted octanol–water partition coefficient (Wildman–Crippen LogP) is 34.5. The van der Waals surface area contributed by atoms with Crippen LogP contribution in [0.25, 0.3) is 86.2 Å². The van der Waals surface area contributed by atoms with E-state index in [2.05, 4.69) is 64.1 Å².